The Morgan fingerprint density at radius 1 is 1.24 bits per heavy atom. The number of anilines is 1. The Labute approximate surface area is 121 Å². The lowest BCUT2D eigenvalue weighted by Gasteiger charge is -2.05. The zero-order valence-electron chi connectivity index (χ0n) is 11.5. The number of ether oxygens (including phenoxy) is 1. The fourth-order valence-electron chi connectivity index (χ4n) is 1.87. The molecule has 2 N–H and O–H groups in total. The highest BCUT2D eigenvalue weighted by Crippen LogP contribution is 2.22. The van der Waals surface area contributed by atoms with E-state index in [0.29, 0.717) is 23.2 Å². The maximum atomic E-state index is 5.80. The zero-order chi connectivity index (χ0) is 14.7. The third-order valence-electron chi connectivity index (χ3n) is 3.02. The molecular weight excluding hydrogens is 268 g/mol. The van der Waals surface area contributed by atoms with Crippen LogP contribution >= 0.6 is 0 Å². The van der Waals surface area contributed by atoms with Crippen molar-refractivity contribution in [3.63, 3.8) is 0 Å². The van der Waals surface area contributed by atoms with Crippen LogP contribution in [0.2, 0.25) is 0 Å². The van der Waals surface area contributed by atoms with Gasteiger partial charge in [0, 0.05) is 18.0 Å². The Balaban J connectivity index is 1.74. The van der Waals surface area contributed by atoms with Crippen LogP contribution in [0.25, 0.3) is 11.4 Å². The summed E-state index contributed by atoms with van der Waals surface area (Å²) in [5.41, 5.74) is 8.24. The van der Waals surface area contributed by atoms with Crippen LogP contribution in [0.3, 0.4) is 0 Å². The lowest BCUT2D eigenvalue weighted by atomic mass is 10.1. The molecule has 0 fully saturated rings. The standard InChI is InChI=1S/C15H14N4O2/c1-10-6-7-17-8-11(10)15-18-14(21-19-15)9-20-13-5-3-2-4-12(13)16/h2-8H,9,16H2,1H3. The predicted molar refractivity (Wildman–Crippen MR) is 77.5 cm³/mol. The molecular formula is C15H14N4O2. The molecule has 2 heterocycles. The Bertz CT molecular complexity index is 755. The minimum atomic E-state index is 0.167. The van der Waals surface area contributed by atoms with Crippen LogP contribution in [0.4, 0.5) is 5.69 Å². The van der Waals surface area contributed by atoms with Crippen molar-refractivity contribution in [2.75, 3.05) is 5.73 Å². The van der Waals surface area contributed by atoms with E-state index < -0.39 is 0 Å². The smallest absolute Gasteiger partial charge is 0.264 e. The number of benzene rings is 1. The summed E-state index contributed by atoms with van der Waals surface area (Å²) in [6.45, 7) is 2.13. The zero-order valence-corrected chi connectivity index (χ0v) is 11.5. The van der Waals surface area contributed by atoms with Crippen molar-refractivity contribution < 1.29 is 9.26 Å². The van der Waals surface area contributed by atoms with Gasteiger partial charge in [-0.15, -0.1) is 0 Å². The van der Waals surface area contributed by atoms with Crippen molar-refractivity contribution in [3.8, 4) is 17.1 Å². The van der Waals surface area contributed by atoms with E-state index in [1.54, 1.807) is 24.5 Å². The van der Waals surface area contributed by atoms with Gasteiger partial charge >= 0.3 is 0 Å². The van der Waals surface area contributed by atoms with Gasteiger partial charge in [-0.05, 0) is 30.7 Å². The summed E-state index contributed by atoms with van der Waals surface area (Å²) in [6.07, 6.45) is 3.43. The second kappa shape index (κ2) is 5.62. The highest BCUT2D eigenvalue weighted by Gasteiger charge is 2.11. The second-order valence-electron chi connectivity index (χ2n) is 4.53. The van der Waals surface area contributed by atoms with Crippen molar-refractivity contribution in [2.24, 2.45) is 0 Å². The highest BCUT2D eigenvalue weighted by molar-refractivity contribution is 5.57. The van der Waals surface area contributed by atoms with Crippen LogP contribution in [0.5, 0.6) is 5.75 Å². The molecule has 6 heteroatoms. The maximum absolute atomic E-state index is 5.80. The van der Waals surface area contributed by atoms with Crippen molar-refractivity contribution in [1.82, 2.24) is 15.1 Å². The molecule has 0 saturated heterocycles. The first-order valence-electron chi connectivity index (χ1n) is 6.45. The largest absolute Gasteiger partial charge is 0.482 e. The summed E-state index contributed by atoms with van der Waals surface area (Å²) in [5.74, 6) is 1.48. The van der Waals surface area contributed by atoms with Gasteiger partial charge in [-0.1, -0.05) is 17.3 Å². The van der Waals surface area contributed by atoms with Gasteiger partial charge in [0.1, 0.15) is 5.75 Å². The van der Waals surface area contributed by atoms with Gasteiger partial charge in [-0.2, -0.15) is 4.98 Å². The molecule has 2 aromatic heterocycles. The van der Waals surface area contributed by atoms with Crippen LogP contribution in [0.1, 0.15) is 11.5 Å². The van der Waals surface area contributed by atoms with E-state index in [4.69, 9.17) is 15.0 Å². The molecule has 0 aliphatic carbocycles. The minimum absolute atomic E-state index is 0.167. The van der Waals surface area contributed by atoms with Gasteiger partial charge in [-0.3, -0.25) is 4.98 Å². The number of para-hydroxylation sites is 2. The van der Waals surface area contributed by atoms with Crippen molar-refractivity contribution in [2.45, 2.75) is 13.5 Å². The van der Waals surface area contributed by atoms with Crippen LogP contribution in [-0.4, -0.2) is 15.1 Å². The van der Waals surface area contributed by atoms with E-state index in [2.05, 4.69) is 15.1 Å². The number of nitrogens with two attached hydrogens (primary N) is 1. The average Bonchev–Trinajstić information content (AvgIpc) is 2.96. The Kier molecular flexibility index (Phi) is 3.51. The van der Waals surface area contributed by atoms with E-state index in [9.17, 15) is 0 Å². The SMILES string of the molecule is Cc1ccncc1-c1noc(COc2ccccc2N)n1. The molecule has 0 atom stereocenters. The summed E-state index contributed by atoms with van der Waals surface area (Å²) in [4.78, 5) is 8.37. The first kappa shape index (κ1) is 13.1. The van der Waals surface area contributed by atoms with Crippen LogP contribution in [-0.2, 0) is 6.61 Å². The lowest BCUT2D eigenvalue weighted by molar-refractivity contribution is 0.244. The average molecular weight is 282 g/mol. The molecule has 0 saturated carbocycles. The fourth-order valence-corrected chi connectivity index (χ4v) is 1.87. The lowest BCUT2D eigenvalue weighted by Crippen LogP contribution is -1.98. The maximum Gasteiger partial charge on any atom is 0.264 e. The van der Waals surface area contributed by atoms with Gasteiger partial charge in [0.05, 0.1) is 5.69 Å². The second-order valence-corrected chi connectivity index (χ2v) is 4.53. The topological polar surface area (TPSA) is 87.1 Å². The number of pyridine rings is 1. The molecule has 106 valence electrons. The third kappa shape index (κ3) is 2.84. The van der Waals surface area contributed by atoms with Crippen molar-refractivity contribution in [1.29, 1.82) is 0 Å². The van der Waals surface area contributed by atoms with E-state index in [-0.39, 0.29) is 6.61 Å². The highest BCUT2D eigenvalue weighted by atomic mass is 16.5. The molecule has 6 nitrogen and oxygen atoms in total. The molecule has 0 radical (unpaired) electrons. The number of nitrogens with zero attached hydrogens (tertiary/aromatic N) is 3. The van der Waals surface area contributed by atoms with Gasteiger partial charge in [0.15, 0.2) is 6.61 Å². The van der Waals surface area contributed by atoms with E-state index >= 15 is 0 Å². The van der Waals surface area contributed by atoms with Gasteiger partial charge in [0.25, 0.3) is 5.89 Å². The number of rotatable bonds is 4. The van der Waals surface area contributed by atoms with Crippen LogP contribution < -0.4 is 10.5 Å². The first-order chi connectivity index (χ1) is 10.2. The van der Waals surface area contributed by atoms with E-state index in [0.717, 1.165) is 11.1 Å². The molecule has 0 unspecified atom stereocenters. The summed E-state index contributed by atoms with van der Waals surface area (Å²) in [6, 6.07) is 9.15. The molecule has 3 aromatic rings. The summed E-state index contributed by atoms with van der Waals surface area (Å²) in [7, 11) is 0. The molecule has 0 aliphatic rings. The molecule has 1 aromatic carbocycles. The first-order valence-corrected chi connectivity index (χ1v) is 6.45. The molecule has 0 aliphatic heterocycles. The van der Waals surface area contributed by atoms with E-state index in [1.165, 1.54) is 0 Å². The quantitative estimate of drug-likeness (QED) is 0.740. The predicted octanol–water partition coefficient (Wildman–Crippen LogP) is 2.60. The minimum Gasteiger partial charge on any atom is -0.482 e. The molecule has 21 heavy (non-hydrogen) atoms. The molecule has 3 rings (SSSR count). The van der Waals surface area contributed by atoms with Gasteiger partial charge in [0.2, 0.25) is 5.82 Å². The molecule has 0 amide bonds. The summed E-state index contributed by atoms with van der Waals surface area (Å²) in [5, 5.41) is 3.94. The van der Waals surface area contributed by atoms with Gasteiger partial charge < -0.3 is 15.0 Å². The fraction of sp³-hybridized carbons (Fsp3) is 0.133. The third-order valence-corrected chi connectivity index (χ3v) is 3.02. The van der Waals surface area contributed by atoms with Gasteiger partial charge in [-0.25, -0.2) is 0 Å². The van der Waals surface area contributed by atoms with Crippen LogP contribution in [0, 0.1) is 6.92 Å². The molecule has 0 bridgehead atoms. The summed E-state index contributed by atoms with van der Waals surface area (Å²) >= 11 is 0. The number of hydrogen-bond acceptors (Lipinski definition) is 6. The van der Waals surface area contributed by atoms with Crippen LogP contribution in [0.15, 0.2) is 47.2 Å². The monoisotopic (exact) mass is 282 g/mol. The number of aromatic nitrogens is 3. The Morgan fingerprint density at radius 3 is 2.90 bits per heavy atom. The Morgan fingerprint density at radius 2 is 2.10 bits per heavy atom. The van der Waals surface area contributed by atoms with Crippen molar-refractivity contribution >= 4 is 5.69 Å². The normalized spacial score (nSPS) is 10.5. The number of nitrogen functional groups attached to an aromatic ring is 1. The summed E-state index contributed by atoms with van der Waals surface area (Å²) < 4.78 is 10.7. The number of hydrogen-bond donors (Lipinski definition) is 1. The Hall–Kier alpha value is -2.89. The number of aryl methyl sites for hydroxylation is 1. The van der Waals surface area contributed by atoms with E-state index in [1.807, 2.05) is 25.1 Å². The molecule has 0 spiro atoms. The van der Waals surface area contributed by atoms with Crippen molar-refractivity contribution in [3.05, 3.63) is 54.2 Å².